The summed E-state index contributed by atoms with van der Waals surface area (Å²) in [5.41, 5.74) is 4.07. The van der Waals surface area contributed by atoms with Gasteiger partial charge in [-0.25, -0.2) is 28.1 Å². The minimum Gasteiger partial charge on any atom is -0.363 e. The number of sulfonamides is 1. The number of anilines is 2. The van der Waals surface area contributed by atoms with E-state index in [-0.39, 0.29) is 23.9 Å². The molecular weight excluding hydrogens is 474 g/mol. The SMILES string of the molecule is C[C@@H]1Cc2ncnc(N3C[C@H]4CC[C@@H](C3)[C@@H]4NS(C)(=O)=O)c2CN1c1cc(Cl)nc2[nH]ccc12. The van der Waals surface area contributed by atoms with E-state index < -0.39 is 10.0 Å². The van der Waals surface area contributed by atoms with Crippen molar-refractivity contribution in [2.24, 2.45) is 11.8 Å². The monoisotopic (exact) mass is 501 g/mol. The predicted molar refractivity (Wildman–Crippen MR) is 133 cm³/mol. The zero-order valence-corrected chi connectivity index (χ0v) is 20.8. The van der Waals surface area contributed by atoms with Crippen LogP contribution in [-0.2, 0) is 23.0 Å². The van der Waals surface area contributed by atoms with Crippen LogP contribution < -0.4 is 14.5 Å². The Kier molecular flexibility index (Phi) is 5.23. The summed E-state index contributed by atoms with van der Waals surface area (Å²) in [5, 5.41) is 1.51. The quantitative estimate of drug-likeness (QED) is 0.529. The van der Waals surface area contributed by atoms with Gasteiger partial charge >= 0.3 is 0 Å². The number of nitrogens with zero attached hydrogens (tertiary/aromatic N) is 5. The minimum absolute atomic E-state index is 0.0151. The lowest BCUT2D eigenvalue weighted by Gasteiger charge is -2.42. The van der Waals surface area contributed by atoms with E-state index >= 15 is 0 Å². The Morgan fingerprint density at radius 3 is 2.71 bits per heavy atom. The van der Waals surface area contributed by atoms with Crippen molar-refractivity contribution in [2.75, 3.05) is 29.1 Å². The molecule has 0 aromatic carbocycles. The van der Waals surface area contributed by atoms with Crippen LogP contribution in [0, 0.1) is 11.8 Å². The number of aromatic nitrogens is 4. The van der Waals surface area contributed by atoms with Crippen LogP contribution in [0.2, 0.25) is 5.15 Å². The van der Waals surface area contributed by atoms with Crippen LogP contribution in [0.3, 0.4) is 0 Å². The summed E-state index contributed by atoms with van der Waals surface area (Å²) in [6.45, 7) is 4.49. The third kappa shape index (κ3) is 3.81. The first kappa shape index (κ1) is 22.1. The summed E-state index contributed by atoms with van der Waals surface area (Å²) in [6, 6.07) is 4.23. The lowest BCUT2D eigenvalue weighted by molar-refractivity contribution is 0.330. The van der Waals surface area contributed by atoms with Crippen LogP contribution in [0.5, 0.6) is 0 Å². The van der Waals surface area contributed by atoms with Crippen LogP contribution in [0.4, 0.5) is 11.5 Å². The van der Waals surface area contributed by atoms with E-state index in [1.54, 1.807) is 6.33 Å². The lowest BCUT2D eigenvalue weighted by atomic mass is 9.92. The third-order valence-electron chi connectivity index (χ3n) is 7.63. The molecule has 6 rings (SSSR count). The molecule has 0 radical (unpaired) electrons. The first-order chi connectivity index (χ1) is 16.3. The van der Waals surface area contributed by atoms with E-state index in [0.717, 1.165) is 66.1 Å². The van der Waals surface area contributed by atoms with Crippen LogP contribution >= 0.6 is 11.6 Å². The highest BCUT2D eigenvalue weighted by molar-refractivity contribution is 7.88. The van der Waals surface area contributed by atoms with E-state index in [1.807, 2.05) is 18.3 Å². The highest BCUT2D eigenvalue weighted by atomic mass is 35.5. The Morgan fingerprint density at radius 1 is 1.21 bits per heavy atom. The normalized spacial score (nSPS) is 26.8. The molecule has 9 nitrogen and oxygen atoms in total. The number of rotatable bonds is 4. The Labute approximate surface area is 204 Å². The molecule has 3 aromatic heterocycles. The second-order valence-electron chi connectivity index (χ2n) is 9.93. The van der Waals surface area contributed by atoms with Crippen molar-refractivity contribution in [3.8, 4) is 0 Å². The van der Waals surface area contributed by atoms with Crippen molar-refractivity contribution < 1.29 is 8.42 Å². The predicted octanol–water partition coefficient (Wildman–Crippen LogP) is 2.72. The molecular formula is C23H28ClN7O2S. The fourth-order valence-corrected chi connectivity index (χ4v) is 7.22. The molecule has 1 saturated heterocycles. The Bertz CT molecular complexity index is 1350. The van der Waals surface area contributed by atoms with Gasteiger partial charge in [-0.1, -0.05) is 11.6 Å². The topological polar surface area (TPSA) is 107 Å². The minimum atomic E-state index is -3.23. The van der Waals surface area contributed by atoms with Crippen LogP contribution in [-0.4, -0.2) is 59.8 Å². The van der Waals surface area contributed by atoms with Crippen molar-refractivity contribution in [1.29, 1.82) is 0 Å². The molecule has 1 saturated carbocycles. The molecule has 2 N–H and O–H groups in total. The standard InChI is InChI=1S/C23H28ClN7O2S/c1-13-7-18-17(11-31(13)19-8-20(24)28-22-16(19)5-6-25-22)23(27-12-26-18)30-9-14-3-4-15(10-30)21(14)29-34(2,32)33/h5-6,8,12-15,21,29H,3-4,7,9-11H2,1-2H3,(H,25,28)/t13-,14-,15+,21-/m1/s1. The van der Waals surface area contributed by atoms with Crippen molar-refractivity contribution in [3.05, 3.63) is 41.1 Å². The van der Waals surface area contributed by atoms with E-state index in [0.29, 0.717) is 11.7 Å². The number of fused-ring (bicyclic) bond motifs is 4. The van der Waals surface area contributed by atoms with Gasteiger partial charge in [-0.15, -0.1) is 0 Å². The smallest absolute Gasteiger partial charge is 0.208 e. The molecule has 2 aliphatic heterocycles. The molecule has 0 spiro atoms. The maximum Gasteiger partial charge on any atom is 0.208 e. The molecule has 34 heavy (non-hydrogen) atoms. The van der Waals surface area contributed by atoms with E-state index in [9.17, 15) is 8.42 Å². The van der Waals surface area contributed by atoms with Gasteiger partial charge in [-0.3, -0.25) is 0 Å². The summed E-state index contributed by atoms with van der Waals surface area (Å²) in [5.74, 6) is 1.55. The van der Waals surface area contributed by atoms with E-state index in [4.69, 9.17) is 16.6 Å². The van der Waals surface area contributed by atoms with Gasteiger partial charge in [0.15, 0.2) is 0 Å². The summed E-state index contributed by atoms with van der Waals surface area (Å²) < 4.78 is 26.7. The highest BCUT2D eigenvalue weighted by Crippen LogP contribution is 2.41. The number of H-pyrrole nitrogens is 1. The Morgan fingerprint density at radius 2 is 1.97 bits per heavy atom. The van der Waals surface area contributed by atoms with Gasteiger partial charge in [-0.05, 0) is 43.7 Å². The molecule has 5 heterocycles. The maximum atomic E-state index is 11.9. The largest absolute Gasteiger partial charge is 0.363 e. The van der Waals surface area contributed by atoms with Gasteiger partial charge < -0.3 is 14.8 Å². The van der Waals surface area contributed by atoms with Gasteiger partial charge in [0.05, 0.1) is 17.6 Å². The molecule has 2 bridgehead atoms. The van der Waals surface area contributed by atoms with Gasteiger partial charge in [0.25, 0.3) is 0 Å². The number of nitrogens with one attached hydrogen (secondary N) is 2. The van der Waals surface area contributed by atoms with Gasteiger partial charge in [0.1, 0.15) is 22.9 Å². The zero-order chi connectivity index (χ0) is 23.6. The fourth-order valence-electron chi connectivity index (χ4n) is 6.15. The number of halogens is 1. The fraction of sp³-hybridized carbons (Fsp3) is 0.522. The van der Waals surface area contributed by atoms with Crippen molar-refractivity contribution in [3.63, 3.8) is 0 Å². The lowest BCUT2D eigenvalue weighted by Crippen LogP contribution is -2.53. The molecule has 1 aliphatic carbocycles. The van der Waals surface area contributed by atoms with Crippen molar-refractivity contribution in [1.82, 2.24) is 24.7 Å². The van der Waals surface area contributed by atoms with Crippen molar-refractivity contribution >= 4 is 44.2 Å². The van der Waals surface area contributed by atoms with Gasteiger partial charge in [0.2, 0.25) is 10.0 Å². The second kappa shape index (κ2) is 8.07. The molecule has 3 aliphatic rings. The zero-order valence-electron chi connectivity index (χ0n) is 19.2. The summed E-state index contributed by atoms with van der Waals surface area (Å²) in [6.07, 6.45) is 7.70. The Hall–Kier alpha value is -2.43. The Balaban J connectivity index is 1.33. The molecule has 3 aromatic rings. The number of hydrogen-bond acceptors (Lipinski definition) is 7. The summed E-state index contributed by atoms with van der Waals surface area (Å²) >= 11 is 6.36. The second-order valence-corrected chi connectivity index (χ2v) is 12.1. The average molecular weight is 502 g/mol. The molecule has 2 fully saturated rings. The number of pyridine rings is 1. The molecule has 11 heteroatoms. The average Bonchev–Trinajstić information content (AvgIpc) is 3.31. The van der Waals surface area contributed by atoms with Crippen LogP contribution in [0.1, 0.15) is 31.0 Å². The van der Waals surface area contributed by atoms with E-state index in [2.05, 4.69) is 36.4 Å². The summed E-state index contributed by atoms with van der Waals surface area (Å²) in [4.78, 5) is 21.7. The molecule has 0 unspecified atom stereocenters. The number of piperidine rings is 1. The van der Waals surface area contributed by atoms with Crippen molar-refractivity contribution in [2.45, 2.75) is 44.8 Å². The summed E-state index contributed by atoms with van der Waals surface area (Å²) in [7, 11) is -3.23. The maximum absolute atomic E-state index is 11.9. The number of hydrogen-bond donors (Lipinski definition) is 2. The molecule has 180 valence electrons. The van der Waals surface area contributed by atoms with Crippen LogP contribution in [0.25, 0.3) is 11.0 Å². The molecule has 0 amide bonds. The first-order valence-corrected chi connectivity index (χ1v) is 14.0. The number of aromatic amines is 1. The van der Waals surface area contributed by atoms with E-state index in [1.165, 1.54) is 6.26 Å². The third-order valence-corrected chi connectivity index (χ3v) is 8.52. The van der Waals surface area contributed by atoms with Gasteiger partial charge in [0, 0.05) is 55.3 Å². The first-order valence-electron chi connectivity index (χ1n) is 11.7. The van der Waals surface area contributed by atoms with Crippen LogP contribution in [0.15, 0.2) is 24.7 Å². The van der Waals surface area contributed by atoms with Gasteiger partial charge in [-0.2, -0.15) is 0 Å². The highest BCUT2D eigenvalue weighted by Gasteiger charge is 2.44. The molecule has 4 atom stereocenters.